The first-order valence-electron chi connectivity index (χ1n) is 13.7. The Balaban J connectivity index is 4.52. The molecular formula is C26H51O8P. The van der Waals surface area contributed by atoms with Gasteiger partial charge in [0, 0.05) is 12.8 Å². The summed E-state index contributed by atoms with van der Waals surface area (Å²) in [5, 5.41) is 0. The number of hydrogen-bond acceptors (Lipinski definition) is 7. The van der Waals surface area contributed by atoms with Crippen LogP contribution in [0.25, 0.3) is 0 Å². The van der Waals surface area contributed by atoms with Gasteiger partial charge in [-0.2, -0.15) is 0 Å². The lowest BCUT2D eigenvalue weighted by molar-refractivity contribution is -0.161. The summed E-state index contributed by atoms with van der Waals surface area (Å²) in [4.78, 5) is 34.3. The molecule has 0 aromatic rings. The minimum atomic E-state index is -4.29. The number of unbranched alkanes of at least 4 members (excludes halogenated alkanes) is 10. The van der Waals surface area contributed by atoms with Crippen LogP contribution in [0.3, 0.4) is 0 Å². The standard InChI is InChI=1S/C26H51O8P/c1-5-7-9-11-12-14-15-17-25(27)31-21-24(34-26(28)18-16-13-10-8-6-2)22-33-35(29,30)32-20-19-23(3)4/h23-24H,5-22H2,1-4H3,(H,29,30)/t24-/m1/s1. The SMILES string of the molecule is CCCCCCCCCC(=O)OC[C@H](COP(=O)(O)OCCC(C)C)OC(=O)CCCCCCC. The minimum absolute atomic E-state index is 0.0844. The Morgan fingerprint density at radius 3 is 1.80 bits per heavy atom. The van der Waals surface area contributed by atoms with Crippen LogP contribution in [-0.4, -0.2) is 42.8 Å². The highest BCUT2D eigenvalue weighted by Crippen LogP contribution is 2.43. The molecule has 0 radical (unpaired) electrons. The van der Waals surface area contributed by atoms with Crippen LogP contribution in [0.5, 0.6) is 0 Å². The Labute approximate surface area is 213 Å². The highest BCUT2D eigenvalue weighted by Gasteiger charge is 2.26. The van der Waals surface area contributed by atoms with E-state index in [1.807, 2.05) is 13.8 Å². The predicted octanol–water partition coefficient (Wildman–Crippen LogP) is 7.12. The molecule has 0 aliphatic heterocycles. The summed E-state index contributed by atoms with van der Waals surface area (Å²) < 4.78 is 32.8. The summed E-state index contributed by atoms with van der Waals surface area (Å²) in [6.07, 6.45) is 12.8. The van der Waals surface area contributed by atoms with E-state index >= 15 is 0 Å². The molecule has 0 rings (SSSR count). The van der Waals surface area contributed by atoms with Gasteiger partial charge in [0.1, 0.15) is 6.61 Å². The second-order valence-corrected chi connectivity index (χ2v) is 11.1. The molecule has 0 aromatic heterocycles. The monoisotopic (exact) mass is 522 g/mol. The highest BCUT2D eigenvalue weighted by molar-refractivity contribution is 7.47. The Morgan fingerprint density at radius 1 is 0.743 bits per heavy atom. The Bertz CT molecular complexity index is 582. The van der Waals surface area contributed by atoms with Crippen molar-refractivity contribution in [3.8, 4) is 0 Å². The molecule has 0 aliphatic rings. The van der Waals surface area contributed by atoms with Crippen LogP contribution in [0.2, 0.25) is 0 Å². The molecule has 1 unspecified atom stereocenters. The quantitative estimate of drug-likeness (QED) is 0.0810. The molecule has 0 amide bonds. The van der Waals surface area contributed by atoms with Crippen LogP contribution >= 0.6 is 7.82 Å². The predicted molar refractivity (Wildman–Crippen MR) is 138 cm³/mol. The first-order valence-corrected chi connectivity index (χ1v) is 15.2. The second-order valence-electron chi connectivity index (χ2n) is 9.61. The molecule has 0 heterocycles. The van der Waals surface area contributed by atoms with Crippen molar-refractivity contribution in [3.05, 3.63) is 0 Å². The number of phosphoric acid groups is 1. The molecule has 0 bridgehead atoms. The van der Waals surface area contributed by atoms with Crippen molar-refractivity contribution in [1.82, 2.24) is 0 Å². The zero-order valence-electron chi connectivity index (χ0n) is 22.6. The van der Waals surface area contributed by atoms with Crippen molar-refractivity contribution in [1.29, 1.82) is 0 Å². The molecular weight excluding hydrogens is 471 g/mol. The molecule has 0 saturated carbocycles. The fraction of sp³-hybridized carbons (Fsp3) is 0.923. The van der Waals surface area contributed by atoms with Gasteiger partial charge in [-0.15, -0.1) is 0 Å². The molecule has 8 nitrogen and oxygen atoms in total. The minimum Gasteiger partial charge on any atom is -0.462 e. The van der Waals surface area contributed by atoms with E-state index in [9.17, 15) is 19.0 Å². The smallest absolute Gasteiger partial charge is 0.462 e. The van der Waals surface area contributed by atoms with E-state index in [1.165, 1.54) is 25.7 Å². The zero-order chi connectivity index (χ0) is 26.4. The van der Waals surface area contributed by atoms with Gasteiger partial charge in [0.25, 0.3) is 0 Å². The summed E-state index contributed by atoms with van der Waals surface area (Å²) in [6, 6.07) is 0. The van der Waals surface area contributed by atoms with Crippen molar-refractivity contribution in [3.63, 3.8) is 0 Å². The van der Waals surface area contributed by atoms with Gasteiger partial charge in [-0.25, -0.2) is 4.57 Å². The molecule has 0 fully saturated rings. The maximum absolute atomic E-state index is 12.2. The fourth-order valence-corrected chi connectivity index (χ4v) is 4.10. The van der Waals surface area contributed by atoms with E-state index in [4.69, 9.17) is 18.5 Å². The lowest BCUT2D eigenvalue weighted by Gasteiger charge is -2.20. The fourth-order valence-electron chi connectivity index (χ4n) is 3.34. The van der Waals surface area contributed by atoms with Gasteiger partial charge < -0.3 is 14.4 Å². The maximum atomic E-state index is 12.2. The molecule has 208 valence electrons. The van der Waals surface area contributed by atoms with E-state index in [0.29, 0.717) is 25.2 Å². The van der Waals surface area contributed by atoms with Gasteiger partial charge in [0.2, 0.25) is 0 Å². The lowest BCUT2D eigenvalue weighted by Crippen LogP contribution is -2.29. The number of ether oxygens (including phenoxy) is 2. The first-order chi connectivity index (χ1) is 16.7. The summed E-state index contributed by atoms with van der Waals surface area (Å²) in [5.74, 6) is -0.497. The zero-order valence-corrected chi connectivity index (χ0v) is 23.5. The van der Waals surface area contributed by atoms with Crippen molar-refractivity contribution in [2.24, 2.45) is 5.92 Å². The number of carbonyl (C=O) groups excluding carboxylic acids is 2. The third-order valence-corrected chi connectivity index (χ3v) is 6.55. The van der Waals surface area contributed by atoms with Crippen LogP contribution in [0.4, 0.5) is 0 Å². The molecule has 0 saturated heterocycles. The summed E-state index contributed by atoms with van der Waals surface area (Å²) in [7, 11) is -4.29. The first kappa shape index (κ1) is 34.0. The lowest BCUT2D eigenvalue weighted by atomic mass is 10.1. The molecule has 35 heavy (non-hydrogen) atoms. The Kier molecular flexibility index (Phi) is 21.7. The molecule has 0 spiro atoms. The summed E-state index contributed by atoms with van der Waals surface area (Å²) >= 11 is 0. The number of hydrogen-bond donors (Lipinski definition) is 1. The number of rotatable bonds is 24. The van der Waals surface area contributed by atoms with Gasteiger partial charge in [-0.3, -0.25) is 18.6 Å². The highest BCUT2D eigenvalue weighted by atomic mass is 31.2. The molecule has 0 aromatic carbocycles. The van der Waals surface area contributed by atoms with E-state index < -0.39 is 19.9 Å². The normalized spacial score (nSPS) is 14.0. The third-order valence-electron chi connectivity index (χ3n) is 5.57. The van der Waals surface area contributed by atoms with E-state index in [2.05, 4.69) is 13.8 Å². The average Bonchev–Trinajstić information content (AvgIpc) is 2.79. The number of phosphoric ester groups is 1. The van der Waals surface area contributed by atoms with Crippen molar-refractivity contribution in [2.45, 2.75) is 130 Å². The number of esters is 2. The topological polar surface area (TPSA) is 108 Å². The van der Waals surface area contributed by atoms with E-state index in [-0.39, 0.29) is 32.2 Å². The summed E-state index contributed by atoms with van der Waals surface area (Å²) in [6.45, 7) is 7.74. The largest absolute Gasteiger partial charge is 0.472 e. The molecule has 2 atom stereocenters. The van der Waals surface area contributed by atoms with Crippen LogP contribution in [0, 0.1) is 5.92 Å². The molecule has 0 aliphatic carbocycles. The van der Waals surface area contributed by atoms with Gasteiger partial charge in [-0.1, -0.05) is 91.9 Å². The summed E-state index contributed by atoms with van der Waals surface area (Å²) in [5.41, 5.74) is 0. The van der Waals surface area contributed by atoms with Crippen LogP contribution in [-0.2, 0) is 32.7 Å². The third kappa shape index (κ3) is 23.2. The molecule has 1 N–H and O–H groups in total. The van der Waals surface area contributed by atoms with Crippen LogP contribution in [0.1, 0.15) is 124 Å². The van der Waals surface area contributed by atoms with E-state index in [1.54, 1.807) is 0 Å². The van der Waals surface area contributed by atoms with Crippen molar-refractivity contribution in [2.75, 3.05) is 19.8 Å². The van der Waals surface area contributed by atoms with Gasteiger partial charge in [-0.05, 0) is 25.2 Å². The van der Waals surface area contributed by atoms with E-state index in [0.717, 1.165) is 44.9 Å². The van der Waals surface area contributed by atoms with Crippen molar-refractivity contribution >= 4 is 19.8 Å². The van der Waals surface area contributed by atoms with Crippen LogP contribution < -0.4 is 0 Å². The maximum Gasteiger partial charge on any atom is 0.472 e. The second kappa shape index (κ2) is 22.3. The van der Waals surface area contributed by atoms with Gasteiger partial charge in [0.15, 0.2) is 6.10 Å². The van der Waals surface area contributed by atoms with Crippen LogP contribution in [0.15, 0.2) is 0 Å². The van der Waals surface area contributed by atoms with Crippen molar-refractivity contribution < 1.29 is 37.6 Å². The van der Waals surface area contributed by atoms with Gasteiger partial charge >= 0.3 is 19.8 Å². The number of carbonyl (C=O) groups is 2. The van der Waals surface area contributed by atoms with Gasteiger partial charge in [0.05, 0.1) is 13.2 Å². The average molecular weight is 523 g/mol. The molecule has 9 heteroatoms. The Morgan fingerprint density at radius 2 is 1.26 bits per heavy atom. The Hall–Kier alpha value is -0.950.